The summed E-state index contributed by atoms with van der Waals surface area (Å²) in [6.07, 6.45) is 9.26. The molecule has 0 saturated carbocycles. The predicted molar refractivity (Wildman–Crippen MR) is 78.6 cm³/mol. The lowest BCUT2D eigenvalue weighted by atomic mass is 10.0. The fraction of sp³-hybridized carbons (Fsp3) is 0.733. The van der Waals surface area contributed by atoms with Crippen LogP contribution in [-0.4, -0.2) is 35.0 Å². The predicted octanol–water partition coefficient (Wildman–Crippen LogP) is 3.16. The Hall–Kier alpha value is -0.940. The second-order valence-corrected chi connectivity index (χ2v) is 6.57. The van der Waals surface area contributed by atoms with Gasteiger partial charge in [-0.3, -0.25) is 4.79 Å². The minimum absolute atomic E-state index is 0.209. The van der Waals surface area contributed by atoms with E-state index in [1.54, 1.807) is 11.3 Å². The van der Waals surface area contributed by atoms with Crippen LogP contribution in [0.2, 0.25) is 0 Å². The van der Waals surface area contributed by atoms with Crippen LogP contribution >= 0.6 is 11.3 Å². The molecular weight excluding hydrogens is 272 g/mol. The smallest absolute Gasteiger partial charge is 0.223 e. The molecule has 0 unspecified atom stereocenters. The van der Waals surface area contributed by atoms with E-state index in [0.717, 1.165) is 50.3 Å². The molecular formula is C15H22N2O2S. The van der Waals surface area contributed by atoms with Crippen molar-refractivity contribution >= 4 is 17.2 Å². The molecule has 1 aromatic rings. The van der Waals surface area contributed by atoms with Crippen LogP contribution in [0.15, 0.2) is 11.6 Å². The fourth-order valence-electron chi connectivity index (χ4n) is 3.19. The van der Waals surface area contributed by atoms with Crippen LogP contribution in [0.1, 0.15) is 56.0 Å². The second-order valence-electron chi connectivity index (χ2n) is 5.64. The van der Waals surface area contributed by atoms with E-state index in [1.165, 1.54) is 6.42 Å². The Labute approximate surface area is 124 Å². The van der Waals surface area contributed by atoms with Gasteiger partial charge in [0.15, 0.2) is 0 Å². The van der Waals surface area contributed by atoms with Gasteiger partial charge in [-0.05, 0) is 38.5 Å². The molecule has 1 aromatic heterocycles. The summed E-state index contributed by atoms with van der Waals surface area (Å²) in [5.74, 6) is 0.278. The summed E-state index contributed by atoms with van der Waals surface area (Å²) in [6, 6.07) is 0.209. The van der Waals surface area contributed by atoms with Gasteiger partial charge >= 0.3 is 0 Å². The number of hydrogen-bond acceptors (Lipinski definition) is 4. The van der Waals surface area contributed by atoms with Crippen molar-refractivity contribution in [2.75, 3.05) is 13.2 Å². The Morgan fingerprint density at radius 2 is 2.35 bits per heavy atom. The maximum atomic E-state index is 12.5. The first kappa shape index (κ1) is 14.0. The first-order valence-corrected chi connectivity index (χ1v) is 8.53. The summed E-state index contributed by atoms with van der Waals surface area (Å²) in [5, 5.41) is 3.09. The van der Waals surface area contributed by atoms with Gasteiger partial charge in [0.05, 0.1) is 12.1 Å². The molecule has 2 atom stereocenters. The zero-order chi connectivity index (χ0) is 13.8. The molecule has 1 amide bonds. The minimum Gasteiger partial charge on any atom is -0.378 e. The summed E-state index contributed by atoms with van der Waals surface area (Å²) in [7, 11) is 0. The number of likely N-dealkylation sites (tertiary alicyclic amines) is 1. The highest BCUT2D eigenvalue weighted by Crippen LogP contribution is 2.32. The van der Waals surface area contributed by atoms with Crippen molar-refractivity contribution in [1.29, 1.82) is 0 Å². The molecule has 110 valence electrons. The first-order valence-electron chi connectivity index (χ1n) is 7.65. The standard InChI is InChI=1S/C15H22N2O2S/c18-14(7-6-12-4-3-10-19-12)17-9-2-1-5-13(17)15-16-8-11-20-15/h8,11-13H,1-7,9-10H2/t12-,13-/m0/s1. The Morgan fingerprint density at radius 3 is 3.10 bits per heavy atom. The summed E-state index contributed by atoms with van der Waals surface area (Å²) in [6.45, 7) is 1.75. The Kier molecular flexibility index (Phi) is 4.68. The van der Waals surface area contributed by atoms with Crippen LogP contribution < -0.4 is 0 Å². The van der Waals surface area contributed by atoms with Crippen LogP contribution in [0.5, 0.6) is 0 Å². The molecule has 5 heteroatoms. The summed E-state index contributed by atoms with van der Waals surface area (Å²) < 4.78 is 5.61. The molecule has 0 radical (unpaired) electrons. The average molecular weight is 294 g/mol. The van der Waals surface area contributed by atoms with E-state index >= 15 is 0 Å². The number of ether oxygens (including phenoxy) is 1. The van der Waals surface area contributed by atoms with E-state index in [9.17, 15) is 4.79 Å². The third-order valence-electron chi connectivity index (χ3n) is 4.26. The number of rotatable bonds is 4. The van der Waals surface area contributed by atoms with E-state index in [1.807, 2.05) is 11.6 Å². The molecule has 0 aromatic carbocycles. The molecule has 20 heavy (non-hydrogen) atoms. The van der Waals surface area contributed by atoms with Gasteiger partial charge in [-0.15, -0.1) is 11.3 Å². The normalized spacial score (nSPS) is 26.9. The lowest BCUT2D eigenvalue weighted by Crippen LogP contribution is -2.38. The number of thiazole rings is 1. The summed E-state index contributed by atoms with van der Waals surface area (Å²) in [5.41, 5.74) is 0. The van der Waals surface area contributed by atoms with E-state index in [-0.39, 0.29) is 11.9 Å². The number of piperidine rings is 1. The van der Waals surface area contributed by atoms with Crippen molar-refractivity contribution in [3.05, 3.63) is 16.6 Å². The largest absolute Gasteiger partial charge is 0.378 e. The zero-order valence-electron chi connectivity index (χ0n) is 11.8. The molecule has 0 bridgehead atoms. The topological polar surface area (TPSA) is 42.4 Å². The average Bonchev–Trinajstić information content (AvgIpc) is 3.18. The number of hydrogen-bond donors (Lipinski definition) is 0. The maximum Gasteiger partial charge on any atom is 0.223 e. The van der Waals surface area contributed by atoms with E-state index in [4.69, 9.17) is 4.74 Å². The van der Waals surface area contributed by atoms with Gasteiger partial charge in [-0.1, -0.05) is 0 Å². The van der Waals surface area contributed by atoms with Crippen LogP contribution in [0.3, 0.4) is 0 Å². The molecule has 4 nitrogen and oxygen atoms in total. The minimum atomic E-state index is 0.209. The SMILES string of the molecule is O=C(CC[C@@H]1CCCO1)N1CCCC[C@H]1c1nccs1. The van der Waals surface area contributed by atoms with Gasteiger partial charge in [0.1, 0.15) is 5.01 Å². The van der Waals surface area contributed by atoms with Gasteiger partial charge in [0, 0.05) is 31.1 Å². The lowest BCUT2D eigenvalue weighted by Gasteiger charge is -2.34. The number of carbonyl (C=O) groups excluding carboxylic acids is 1. The summed E-state index contributed by atoms with van der Waals surface area (Å²) >= 11 is 1.66. The molecule has 0 spiro atoms. The van der Waals surface area contributed by atoms with Gasteiger partial charge < -0.3 is 9.64 Å². The van der Waals surface area contributed by atoms with E-state index < -0.39 is 0 Å². The van der Waals surface area contributed by atoms with Crippen molar-refractivity contribution in [2.45, 2.75) is 57.1 Å². The van der Waals surface area contributed by atoms with Gasteiger partial charge in [0.25, 0.3) is 0 Å². The molecule has 3 rings (SSSR count). The van der Waals surface area contributed by atoms with Gasteiger partial charge in [0.2, 0.25) is 5.91 Å². The molecule has 2 aliphatic rings. The van der Waals surface area contributed by atoms with Gasteiger partial charge in [-0.2, -0.15) is 0 Å². The number of carbonyl (C=O) groups is 1. The molecule has 0 N–H and O–H groups in total. The van der Waals surface area contributed by atoms with E-state index in [2.05, 4.69) is 9.88 Å². The molecule has 3 heterocycles. The Balaban J connectivity index is 1.59. The molecule has 2 saturated heterocycles. The van der Waals surface area contributed by atoms with Crippen molar-refractivity contribution in [1.82, 2.24) is 9.88 Å². The highest BCUT2D eigenvalue weighted by molar-refractivity contribution is 7.09. The van der Waals surface area contributed by atoms with Crippen LogP contribution in [-0.2, 0) is 9.53 Å². The maximum absolute atomic E-state index is 12.5. The Bertz CT molecular complexity index is 429. The number of nitrogens with zero attached hydrogens (tertiary/aromatic N) is 2. The lowest BCUT2D eigenvalue weighted by molar-refractivity contribution is -0.135. The molecule has 2 aliphatic heterocycles. The monoisotopic (exact) mass is 294 g/mol. The quantitative estimate of drug-likeness (QED) is 0.856. The van der Waals surface area contributed by atoms with Crippen molar-refractivity contribution in [3.8, 4) is 0 Å². The third kappa shape index (κ3) is 3.20. The Morgan fingerprint density at radius 1 is 1.40 bits per heavy atom. The fourth-order valence-corrected chi connectivity index (χ4v) is 3.97. The van der Waals surface area contributed by atoms with Gasteiger partial charge in [-0.25, -0.2) is 4.98 Å². The first-order chi connectivity index (χ1) is 9.84. The molecule has 2 fully saturated rings. The van der Waals surface area contributed by atoms with Crippen molar-refractivity contribution in [2.24, 2.45) is 0 Å². The second kappa shape index (κ2) is 6.68. The highest BCUT2D eigenvalue weighted by Gasteiger charge is 2.29. The third-order valence-corrected chi connectivity index (χ3v) is 5.14. The van der Waals surface area contributed by atoms with E-state index in [0.29, 0.717) is 12.5 Å². The highest BCUT2D eigenvalue weighted by atomic mass is 32.1. The van der Waals surface area contributed by atoms with Crippen LogP contribution in [0.4, 0.5) is 0 Å². The van der Waals surface area contributed by atoms with Crippen molar-refractivity contribution in [3.63, 3.8) is 0 Å². The number of amides is 1. The zero-order valence-corrected chi connectivity index (χ0v) is 12.6. The summed E-state index contributed by atoms with van der Waals surface area (Å²) in [4.78, 5) is 19.0. The number of aromatic nitrogens is 1. The van der Waals surface area contributed by atoms with Crippen molar-refractivity contribution < 1.29 is 9.53 Å². The molecule has 0 aliphatic carbocycles. The van der Waals surface area contributed by atoms with Crippen LogP contribution in [0.25, 0.3) is 0 Å². The van der Waals surface area contributed by atoms with Crippen LogP contribution in [0, 0.1) is 0 Å².